The van der Waals surface area contributed by atoms with Gasteiger partial charge < -0.3 is 4.74 Å². The topological polar surface area (TPSA) is 54.0 Å². The van der Waals surface area contributed by atoms with Crippen LogP contribution in [-0.4, -0.2) is 33.5 Å². The van der Waals surface area contributed by atoms with Gasteiger partial charge in [0.1, 0.15) is 0 Å². The Balaban J connectivity index is 2.22. The monoisotopic (exact) mass is 196 g/mol. The summed E-state index contributed by atoms with van der Waals surface area (Å²) in [5.74, 6) is 0. The predicted octanol–water partition coefficient (Wildman–Crippen LogP) is 1.19. The largest absolute Gasteiger partial charge is 0.474 e. The molecule has 0 aromatic carbocycles. The molecule has 1 aliphatic rings. The lowest BCUT2D eigenvalue weighted by atomic mass is 10.5. The van der Waals surface area contributed by atoms with Crippen molar-refractivity contribution in [3.8, 4) is 0 Å². The molecule has 72 valence electrons. The Morgan fingerprint density at radius 2 is 2.00 bits per heavy atom. The van der Waals surface area contributed by atoms with Gasteiger partial charge in [-0.25, -0.2) is 4.57 Å². The zero-order valence-electron chi connectivity index (χ0n) is 7.02. The molecule has 1 saturated heterocycles. The molecule has 12 heavy (non-hydrogen) atoms. The summed E-state index contributed by atoms with van der Waals surface area (Å²) in [6.45, 7) is 1.49. The van der Waals surface area contributed by atoms with Crippen LogP contribution in [-0.2, 0) is 22.9 Å². The molecule has 0 atom stereocenters. The minimum absolute atomic E-state index is 0.230. The summed E-state index contributed by atoms with van der Waals surface area (Å²) in [5, 5.41) is 0. The van der Waals surface area contributed by atoms with Crippen LogP contribution >= 0.6 is 7.82 Å². The first-order valence-corrected chi connectivity index (χ1v) is 5.25. The lowest BCUT2D eigenvalue weighted by Gasteiger charge is -2.21. The van der Waals surface area contributed by atoms with Crippen LogP contribution in [0.4, 0.5) is 0 Å². The maximum absolute atomic E-state index is 11.4. The van der Waals surface area contributed by atoms with Gasteiger partial charge >= 0.3 is 7.82 Å². The summed E-state index contributed by atoms with van der Waals surface area (Å²) < 4.78 is 30.7. The first-order chi connectivity index (χ1) is 5.77. The quantitative estimate of drug-likeness (QED) is 0.499. The highest BCUT2D eigenvalue weighted by Gasteiger charge is 2.29. The van der Waals surface area contributed by atoms with Crippen molar-refractivity contribution >= 4 is 7.82 Å². The van der Waals surface area contributed by atoms with Crippen molar-refractivity contribution in [3.63, 3.8) is 0 Å². The second-order valence-corrected chi connectivity index (χ2v) is 3.96. The molecular formula is C6H13O5P. The Bertz CT molecular complexity index is 161. The van der Waals surface area contributed by atoms with Crippen molar-refractivity contribution in [1.29, 1.82) is 0 Å². The summed E-state index contributed by atoms with van der Waals surface area (Å²) in [4.78, 5) is 0. The third-order valence-corrected chi connectivity index (χ3v) is 2.82. The molecule has 0 spiro atoms. The van der Waals surface area contributed by atoms with Gasteiger partial charge in [-0.05, 0) is 6.42 Å². The first-order valence-electron chi connectivity index (χ1n) is 3.79. The van der Waals surface area contributed by atoms with Crippen LogP contribution in [0.2, 0.25) is 0 Å². The molecule has 0 radical (unpaired) electrons. The average molecular weight is 196 g/mol. The van der Waals surface area contributed by atoms with Gasteiger partial charge in [-0.15, -0.1) is 0 Å². The predicted molar refractivity (Wildman–Crippen MR) is 42.0 cm³/mol. The molecule has 6 heteroatoms. The van der Waals surface area contributed by atoms with Crippen LogP contribution in [0.1, 0.15) is 6.42 Å². The van der Waals surface area contributed by atoms with E-state index < -0.39 is 7.82 Å². The zero-order valence-corrected chi connectivity index (χ0v) is 7.92. The van der Waals surface area contributed by atoms with Crippen molar-refractivity contribution in [2.75, 3.05) is 33.5 Å². The molecule has 0 unspecified atom stereocenters. The van der Waals surface area contributed by atoms with E-state index in [-0.39, 0.29) is 6.61 Å². The third kappa shape index (κ3) is 3.21. The lowest BCUT2D eigenvalue weighted by molar-refractivity contribution is 0.0572. The van der Waals surface area contributed by atoms with E-state index in [9.17, 15) is 4.57 Å². The summed E-state index contributed by atoms with van der Waals surface area (Å²) in [7, 11) is -1.68. The highest BCUT2D eigenvalue weighted by molar-refractivity contribution is 7.48. The second-order valence-electron chi connectivity index (χ2n) is 2.29. The van der Waals surface area contributed by atoms with E-state index >= 15 is 0 Å². The van der Waals surface area contributed by atoms with Gasteiger partial charge in [-0.2, -0.15) is 0 Å². The molecule has 0 N–H and O–H groups in total. The maximum atomic E-state index is 11.4. The fourth-order valence-corrected chi connectivity index (χ4v) is 1.98. The Kier molecular flexibility index (Phi) is 4.18. The summed E-state index contributed by atoms with van der Waals surface area (Å²) in [6.07, 6.45) is 0.762. The van der Waals surface area contributed by atoms with E-state index in [0.717, 1.165) is 6.42 Å². The molecule has 1 fully saturated rings. The van der Waals surface area contributed by atoms with Crippen LogP contribution in [0, 0.1) is 0 Å². The fourth-order valence-electron chi connectivity index (χ4n) is 0.756. The fraction of sp³-hybridized carbons (Fsp3) is 1.00. The van der Waals surface area contributed by atoms with Gasteiger partial charge in [0.15, 0.2) is 0 Å². The highest BCUT2D eigenvalue weighted by Crippen LogP contribution is 2.51. The molecule has 0 aromatic heterocycles. The van der Waals surface area contributed by atoms with E-state index in [1.165, 1.54) is 0 Å². The molecule has 0 saturated carbocycles. The van der Waals surface area contributed by atoms with Crippen molar-refractivity contribution < 1.29 is 22.9 Å². The Labute approximate surface area is 71.6 Å². The lowest BCUT2D eigenvalue weighted by Crippen LogP contribution is -2.12. The zero-order chi connectivity index (χ0) is 8.86. The Morgan fingerprint density at radius 3 is 2.58 bits per heavy atom. The standard InChI is InChI=1S/C6H13O5P/c1-8-5-6-11-12(7)9-3-2-4-10-12/h2-6H2,1H3. The molecule has 0 aromatic rings. The number of methoxy groups -OCH3 is 1. The van der Waals surface area contributed by atoms with Crippen LogP contribution in [0.3, 0.4) is 0 Å². The average Bonchev–Trinajstić information content (AvgIpc) is 2.06. The highest BCUT2D eigenvalue weighted by atomic mass is 31.2. The van der Waals surface area contributed by atoms with Crippen molar-refractivity contribution in [1.82, 2.24) is 0 Å². The van der Waals surface area contributed by atoms with Gasteiger partial charge in [0.05, 0.1) is 26.4 Å². The Morgan fingerprint density at radius 1 is 1.33 bits per heavy atom. The molecule has 5 nitrogen and oxygen atoms in total. The molecular weight excluding hydrogens is 183 g/mol. The summed E-state index contributed by atoms with van der Waals surface area (Å²) >= 11 is 0. The van der Waals surface area contributed by atoms with Gasteiger partial charge in [-0.3, -0.25) is 13.6 Å². The Hall–Kier alpha value is 0.0700. The van der Waals surface area contributed by atoms with E-state index in [1.54, 1.807) is 7.11 Å². The van der Waals surface area contributed by atoms with Crippen molar-refractivity contribution in [2.24, 2.45) is 0 Å². The van der Waals surface area contributed by atoms with Crippen LogP contribution in [0.5, 0.6) is 0 Å². The minimum atomic E-state index is -3.22. The number of phosphoric ester groups is 1. The second kappa shape index (κ2) is 4.94. The van der Waals surface area contributed by atoms with Gasteiger partial charge in [-0.1, -0.05) is 0 Å². The number of hydrogen-bond acceptors (Lipinski definition) is 5. The molecule has 1 rings (SSSR count). The molecule has 0 aliphatic carbocycles. The molecule has 1 heterocycles. The van der Waals surface area contributed by atoms with Crippen LogP contribution in [0.15, 0.2) is 0 Å². The van der Waals surface area contributed by atoms with Gasteiger partial charge in [0, 0.05) is 7.11 Å². The normalized spacial score (nSPS) is 22.4. The van der Waals surface area contributed by atoms with Gasteiger partial charge in [0.2, 0.25) is 0 Å². The molecule has 1 aliphatic heterocycles. The number of rotatable bonds is 4. The molecule has 0 amide bonds. The molecule has 0 bridgehead atoms. The van der Waals surface area contributed by atoms with Crippen LogP contribution < -0.4 is 0 Å². The first kappa shape index (κ1) is 10.2. The van der Waals surface area contributed by atoms with E-state index in [2.05, 4.69) is 0 Å². The number of ether oxygens (including phenoxy) is 1. The van der Waals surface area contributed by atoms with Crippen LogP contribution in [0.25, 0.3) is 0 Å². The van der Waals surface area contributed by atoms with E-state index in [0.29, 0.717) is 19.8 Å². The van der Waals surface area contributed by atoms with E-state index in [4.69, 9.17) is 18.3 Å². The minimum Gasteiger partial charge on any atom is -0.382 e. The smallest absolute Gasteiger partial charge is 0.382 e. The maximum Gasteiger partial charge on any atom is 0.474 e. The number of phosphoric acid groups is 1. The van der Waals surface area contributed by atoms with Crippen molar-refractivity contribution in [2.45, 2.75) is 6.42 Å². The summed E-state index contributed by atoms with van der Waals surface area (Å²) in [5.41, 5.74) is 0. The summed E-state index contributed by atoms with van der Waals surface area (Å²) in [6, 6.07) is 0. The number of hydrogen-bond donors (Lipinski definition) is 0. The van der Waals surface area contributed by atoms with Gasteiger partial charge in [0.25, 0.3) is 0 Å². The van der Waals surface area contributed by atoms with Crippen molar-refractivity contribution in [3.05, 3.63) is 0 Å². The third-order valence-electron chi connectivity index (χ3n) is 1.32. The SMILES string of the molecule is COCCOP1(=O)OCCCO1. The van der Waals surface area contributed by atoms with E-state index in [1.807, 2.05) is 0 Å².